The van der Waals surface area contributed by atoms with Crippen LogP contribution in [0.15, 0.2) is 47.8 Å². The number of nitrogens with zero attached hydrogens (tertiary/aromatic N) is 3. The van der Waals surface area contributed by atoms with Crippen molar-refractivity contribution in [2.45, 2.75) is 18.5 Å². The van der Waals surface area contributed by atoms with Gasteiger partial charge in [-0.1, -0.05) is 6.07 Å². The van der Waals surface area contributed by atoms with Crippen molar-refractivity contribution in [1.29, 1.82) is 0 Å². The first-order chi connectivity index (χ1) is 10.1. The lowest BCUT2D eigenvalue weighted by Crippen LogP contribution is -2.28. The van der Waals surface area contributed by atoms with E-state index < -0.39 is 10.0 Å². The van der Waals surface area contributed by atoms with E-state index in [1.807, 2.05) is 13.0 Å². The van der Waals surface area contributed by atoms with Gasteiger partial charge in [0.25, 0.3) is 10.0 Å². The molecule has 21 heavy (non-hydrogen) atoms. The first-order valence-electron chi connectivity index (χ1n) is 6.61. The van der Waals surface area contributed by atoms with Gasteiger partial charge in [-0.3, -0.25) is 4.98 Å². The number of hydrogen-bond acceptors (Lipinski definition) is 5. The van der Waals surface area contributed by atoms with Gasteiger partial charge in [0.05, 0.1) is 17.9 Å². The standard InChI is InChI=1S/C14H18N4O2S/c1-3-15-13-8-6-10-17-14(13)21(19,20)18(2)11-12-7-4-5-9-16-12/h4-10,15H,3,11H2,1-2H3. The highest BCUT2D eigenvalue weighted by atomic mass is 32.2. The Morgan fingerprint density at radius 3 is 2.57 bits per heavy atom. The first-order valence-corrected chi connectivity index (χ1v) is 8.05. The zero-order valence-corrected chi connectivity index (χ0v) is 12.8. The molecule has 0 spiro atoms. The molecule has 0 aliphatic rings. The summed E-state index contributed by atoms with van der Waals surface area (Å²) in [5.74, 6) is 0. The number of pyridine rings is 2. The van der Waals surface area contributed by atoms with E-state index in [4.69, 9.17) is 0 Å². The Kier molecular flexibility index (Phi) is 4.87. The van der Waals surface area contributed by atoms with Crippen molar-refractivity contribution in [3.05, 3.63) is 48.4 Å². The van der Waals surface area contributed by atoms with E-state index in [1.165, 1.54) is 17.5 Å². The molecule has 0 radical (unpaired) electrons. The van der Waals surface area contributed by atoms with Gasteiger partial charge in [0.15, 0.2) is 5.03 Å². The molecular weight excluding hydrogens is 288 g/mol. The Hall–Kier alpha value is -1.99. The van der Waals surface area contributed by atoms with Crippen molar-refractivity contribution >= 4 is 15.7 Å². The summed E-state index contributed by atoms with van der Waals surface area (Å²) in [7, 11) is -2.15. The molecule has 2 rings (SSSR count). The number of nitrogens with one attached hydrogen (secondary N) is 1. The van der Waals surface area contributed by atoms with Crippen molar-refractivity contribution < 1.29 is 8.42 Å². The fourth-order valence-electron chi connectivity index (χ4n) is 1.87. The van der Waals surface area contributed by atoms with Crippen LogP contribution in [-0.4, -0.2) is 36.3 Å². The van der Waals surface area contributed by atoms with Crippen LogP contribution < -0.4 is 5.32 Å². The number of sulfonamides is 1. The Labute approximate surface area is 124 Å². The Bertz CT molecular complexity index is 689. The summed E-state index contributed by atoms with van der Waals surface area (Å²) in [6.07, 6.45) is 3.11. The first kappa shape index (κ1) is 15.4. The predicted octanol–water partition coefficient (Wildman–Crippen LogP) is 1.73. The second-order valence-corrected chi connectivity index (χ2v) is 6.43. The van der Waals surface area contributed by atoms with E-state index in [0.29, 0.717) is 17.9 Å². The Morgan fingerprint density at radius 1 is 1.14 bits per heavy atom. The summed E-state index contributed by atoms with van der Waals surface area (Å²) in [5, 5.41) is 3.05. The SMILES string of the molecule is CCNc1cccnc1S(=O)(=O)N(C)Cc1ccccn1. The topological polar surface area (TPSA) is 75.2 Å². The van der Waals surface area contributed by atoms with E-state index in [-0.39, 0.29) is 11.6 Å². The maximum atomic E-state index is 12.6. The van der Waals surface area contributed by atoms with Crippen LogP contribution in [0.2, 0.25) is 0 Å². The molecule has 0 unspecified atom stereocenters. The zero-order valence-electron chi connectivity index (χ0n) is 12.0. The minimum Gasteiger partial charge on any atom is -0.383 e. The molecule has 2 aromatic heterocycles. The third-order valence-electron chi connectivity index (χ3n) is 2.90. The van der Waals surface area contributed by atoms with Crippen molar-refractivity contribution in [2.24, 2.45) is 0 Å². The van der Waals surface area contributed by atoms with E-state index in [2.05, 4.69) is 15.3 Å². The molecule has 0 fully saturated rings. The van der Waals surface area contributed by atoms with Gasteiger partial charge in [-0.2, -0.15) is 4.31 Å². The fraction of sp³-hybridized carbons (Fsp3) is 0.286. The van der Waals surface area contributed by atoms with Crippen LogP contribution in [0.5, 0.6) is 0 Å². The van der Waals surface area contributed by atoms with Crippen LogP contribution >= 0.6 is 0 Å². The second kappa shape index (κ2) is 6.64. The molecule has 0 aromatic carbocycles. The van der Waals surface area contributed by atoms with Crippen LogP contribution in [0, 0.1) is 0 Å². The van der Waals surface area contributed by atoms with Crippen LogP contribution in [0.4, 0.5) is 5.69 Å². The maximum absolute atomic E-state index is 12.6. The second-order valence-electron chi connectivity index (χ2n) is 4.47. The summed E-state index contributed by atoms with van der Waals surface area (Å²) in [6, 6.07) is 8.82. The number of hydrogen-bond donors (Lipinski definition) is 1. The quantitative estimate of drug-likeness (QED) is 0.879. The van der Waals surface area contributed by atoms with E-state index in [0.717, 1.165) is 0 Å². The largest absolute Gasteiger partial charge is 0.383 e. The molecule has 6 nitrogen and oxygen atoms in total. The molecule has 0 saturated carbocycles. The molecule has 2 heterocycles. The van der Waals surface area contributed by atoms with Gasteiger partial charge in [0.1, 0.15) is 0 Å². The monoisotopic (exact) mass is 306 g/mol. The molecular formula is C14H18N4O2S. The summed E-state index contributed by atoms with van der Waals surface area (Å²) < 4.78 is 26.5. The molecule has 0 saturated heterocycles. The smallest absolute Gasteiger partial charge is 0.262 e. The summed E-state index contributed by atoms with van der Waals surface area (Å²) in [4.78, 5) is 8.16. The Morgan fingerprint density at radius 2 is 1.90 bits per heavy atom. The van der Waals surface area contributed by atoms with Gasteiger partial charge >= 0.3 is 0 Å². The Balaban J connectivity index is 2.29. The molecule has 0 aliphatic carbocycles. The fourth-order valence-corrected chi connectivity index (χ4v) is 3.08. The van der Waals surface area contributed by atoms with Gasteiger partial charge in [-0.05, 0) is 31.2 Å². The third kappa shape index (κ3) is 3.56. The molecule has 7 heteroatoms. The lowest BCUT2D eigenvalue weighted by Gasteiger charge is -2.18. The highest BCUT2D eigenvalue weighted by molar-refractivity contribution is 7.89. The van der Waals surface area contributed by atoms with Gasteiger partial charge in [-0.15, -0.1) is 0 Å². The van der Waals surface area contributed by atoms with Crippen molar-refractivity contribution in [1.82, 2.24) is 14.3 Å². The lowest BCUT2D eigenvalue weighted by molar-refractivity contribution is 0.459. The van der Waals surface area contributed by atoms with Gasteiger partial charge in [-0.25, -0.2) is 13.4 Å². The summed E-state index contributed by atoms with van der Waals surface area (Å²) in [5.41, 5.74) is 1.19. The van der Waals surface area contributed by atoms with Crippen molar-refractivity contribution in [3.63, 3.8) is 0 Å². The highest BCUT2D eigenvalue weighted by Gasteiger charge is 2.25. The molecule has 112 valence electrons. The molecule has 1 N–H and O–H groups in total. The van der Waals surface area contributed by atoms with Crippen LogP contribution in [-0.2, 0) is 16.6 Å². The van der Waals surface area contributed by atoms with Crippen molar-refractivity contribution in [3.8, 4) is 0 Å². The van der Waals surface area contributed by atoms with Gasteiger partial charge in [0, 0.05) is 26.0 Å². The predicted molar refractivity (Wildman–Crippen MR) is 81.3 cm³/mol. The third-order valence-corrected chi connectivity index (χ3v) is 4.67. The van der Waals surface area contributed by atoms with Crippen LogP contribution in [0.25, 0.3) is 0 Å². The highest BCUT2D eigenvalue weighted by Crippen LogP contribution is 2.22. The molecule has 0 amide bonds. The van der Waals surface area contributed by atoms with Crippen LogP contribution in [0.3, 0.4) is 0 Å². The lowest BCUT2D eigenvalue weighted by atomic mass is 10.3. The molecule has 0 bridgehead atoms. The van der Waals surface area contributed by atoms with E-state index >= 15 is 0 Å². The summed E-state index contributed by atoms with van der Waals surface area (Å²) in [6.45, 7) is 2.73. The molecule has 0 aliphatic heterocycles. The van der Waals surface area contributed by atoms with Gasteiger partial charge < -0.3 is 5.32 Å². The minimum absolute atomic E-state index is 0.0327. The molecule has 0 atom stereocenters. The van der Waals surface area contributed by atoms with Crippen molar-refractivity contribution in [2.75, 3.05) is 18.9 Å². The number of anilines is 1. The minimum atomic E-state index is -3.67. The normalized spacial score (nSPS) is 11.6. The van der Waals surface area contributed by atoms with Gasteiger partial charge in [0.2, 0.25) is 0 Å². The number of aromatic nitrogens is 2. The molecule has 2 aromatic rings. The average molecular weight is 306 g/mol. The number of rotatable bonds is 6. The zero-order chi connectivity index (χ0) is 15.3. The average Bonchev–Trinajstić information content (AvgIpc) is 2.49. The summed E-state index contributed by atoms with van der Waals surface area (Å²) >= 11 is 0. The van der Waals surface area contributed by atoms with Crippen LogP contribution in [0.1, 0.15) is 12.6 Å². The maximum Gasteiger partial charge on any atom is 0.262 e. The van der Waals surface area contributed by atoms with E-state index in [1.54, 1.807) is 30.5 Å². The van der Waals surface area contributed by atoms with E-state index in [9.17, 15) is 8.42 Å².